The number of halogens is 2. The van der Waals surface area contributed by atoms with Crippen LogP contribution in [0.1, 0.15) is 30.9 Å². The monoisotopic (exact) mass is 202 g/mol. The van der Waals surface area contributed by atoms with E-state index in [1.807, 2.05) is 13.8 Å². The van der Waals surface area contributed by atoms with Gasteiger partial charge in [0.05, 0.1) is 11.6 Å². The molecule has 1 N–H and O–H groups in total. The van der Waals surface area contributed by atoms with E-state index in [9.17, 15) is 4.39 Å². The van der Waals surface area contributed by atoms with E-state index in [1.165, 1.54) is 0 Å². The van der Waals surface area contributed by atoms with Crippen LogP contribution in [0, 0.1) is 5.82 Å². The molecule has 0 spiro atoms. The van der Waals surface area contributed by atoms with Crippen LogP contribution in [0.5, 0.6) is 0 Å². The Morgan fingerprint density at radius 3 is 2.54 bits per heavy atom. The zero-order valence-corrected chi connectivity index (χ0v) is 8.40. The number of aliphatic hydroxyl groups excluding tert-OH is 1. The fraction of sp³-hybridized carbons (Fsp3) is 0.400. The molecule has 0 unspecified atom stereocenters. The van der Waals surface area contributed by atoms with Gasteiger partial charge in [-0.3, -0.25) is 0 Å². The molecule has 0 saturated heterocycles. The van der Waals surface area contributed by atoms with Crippen LogP contribution < -0.4 is 0 Å². The summed E-state index contributed by atoms with van der Waals surface area (Å²) >= 11 is 5.66. The zero-order valence-electron chi connectivity index (χ0n) is 7.64. The summed E-state index contributed by atoms with van der Waals surface area (Å²) in [5, 5.41) is 8.93. The summed E-state index contributed by atoms with van der Waals surface area (Å²) in [7, 11) is 0. The van der Waals surface area contributed by atoms with Gasteiger partial charge in [0.2, 0.25) is 0 Å². The Hall–Kier alpha value is -0.600. The highest BCUT2D eigenvalue weighted by molar-refractivity contribution is 6.30. The molecular weight excluding hydrogens is 191 g/mol. The molecule has 0 aliphatic heterocycles. The van der Waals surface area contributed by atoms with E-state index < -0.39 is 5.82 Å². The molecule has 13 heavy (non-hydrogen) atoms. The van der Waals surface area contributed by atoms with Gasteiger partial charge in [-0.05, 0) is 17.5 Å². The van der Waals surface area contributed by atoms with Crippen LogP contribution in [-0.4, -0.2) is 5.11 Å². The minimum atomic E-state index is -0.520. The summed E-state index contributed by atoms with van der Waals surface area (Å²) in [6.07, 6.45) is 0. The first kappa shape index (κ1) is 10.5. The average molecular weight is 203 g/mol. The average Bonchev–Trinajstić information content (AvgIpc) is 2.09. The van der Waals surface area contributed by atoms with E-state index in [0.717, 1.165) is 5.56 Å². The van der Waals surface area contributed by atoms with Crippen LogP contribution in [0.15, 0.2) is 12.1 Å². The molecule has 0 fully saturated rings. The molecule has 1 nitrogen and oxygen atoms in total. The van der Waals surface area contributed by atoms with Gasteiger partial charge in [0.25, 0.3) is 0 Å². The molecule has 1 aromatic carbocycles. The Morgan fingerprint density at radius 1 is 1.46 bits per heavy atom. The fourth-order valence-electron chi connectivity index (χ4n) is 1.12. The predicted octanol–water partition coefficient (Wildman–Crippen LogP) is 3.09. The summed E-state index contributed by atoms with van der Waals surface area (Å²) < 4.78 is 13.2. The molecule has 0 heterocycles. The van der Waals surface area contributed by atoms with Crippen molar-refractivity contribution in [3.63, 3.8) is 0 Å². The summed E-state index contributed by atoms with van der Waals surface area (Å²) in [6.45, 7) is 3.67. The second-order valence-electron chi connectivity index (χ2n) is 3.29. The molecule has 0 saturated carbocycles. The third kappa shape index (κ3) is 2.20. The van der Waals surface area contributed by atoms with Gasteiger partial charge >= 0.3 is 0 Å². The van der Waals surface area contributed by atoms with Crippen LogP contribution in [0.25, 0.3) is 0 Å². The summed E-state index contributed by atoms with van der Waals surface area (Å²) in [6, 6.07) is 3.24. The van der Waals surface area contributed by atoms with Gasteiger partial charge in [0.1, 0.15) is 5.82 Å². The number of rotatable bonds is 2. The van der Waals surface area contributed by atoms with Crippen LogP contribution in [0.3, 0.4) is 0 Å². The Balaban J connectivity index is 3.22. The lowest BCUT2D eigenvalue weighted by Crippen LogP contribution is -1.96. The van der Waals surface area contributed by atoms with Gasteiger partial charge in [-0.15, -0.1) is 0 Å². The van der Waals surface area contributed by atoms with Gasteiger partial charge in [-0.1, -0.05) is 31.5 Å². The lowest BCUT2D eigenvalue weighted by Gasteiger charge is -2.09. The van der Waals surface area contributed by atoms with Crippen molar-refractivity contribution >= 4 is 11.6 Å². The van der Waals surface area contributed by atoms with Crippen LogP contribution in [0.2, 0.25) is 5.02 Å². The predicted molar refractivity (Wildman–Crippen MR) is 51.4 cm³/mol. The molecule has 0 aliphatic rings. The van der Waals surface area contributed by atoms with E-state index in [4.69, 9.17) is 16.7 Å². The van der Waals surface area contributed by atoms with Gasteiger partial charge in [0.15, 0.2) is 0 Å². The maximum atomic E-state index is 13.2. The Labute approximate surface area is 82.2 Å². The molecular formula is C10H12ClFO. The number of hydrogen-bond acceptors (Lipinski definition) is 1. The van der Waals surface area contributed by atoms with Crippen molar-refractivity contribution in [1.29, 1.82) is 0 Å². The molecule has 1 rings (SSSR count). The first-order chi connectivity index (χ1) is 6.06. The third-order valence-corrected chi connectivity index (χ3v) is 2.24. The first-order valence-electron chi connectivity index (χ1n) is 4.15. The summed E-state index contributed by atoms with van der Waals surface area (Å²) in [4.78, 5) is 0. The van der Waals surface area contributed by atoms with Crippen LogP contribution in [-0.2, 0) is 6.61 Å². The second-order valence-corrected chi connectivity index (χ2v) is 3.70. The molecule has 1 aromatic rings. The molecule has 3 heteroatoms. The van der Waals surface area contributed by atoms with Crippen molar-refractivity contribution in [3.05, 3.63) is 34.1 Å². The molecule has 0 bridgehead atoms. The lowest BCUT2D eigenvalue weighted by molar-refractivity contribution is 0.275. The smallest absolute Gasteiger partial charge is 0.147 e. The molecule has 72 valence electrons. The fourth-order valence-corrected chi connectivity index (χ4v) is 1.37. The van der Waals surface area contributed by atoms with Gasteiger partial charge in [-0.2, -0.15) is 0 Å². The van der Waals surface area contributed by atoms with E-state index in [2.05, 4.69) is 0 Å². The van der Waals surface area contributed by atoms with Crippen molar-refractivity contribution in [2.45, 2.75) is 26.4 Å². The van der Waals surface area contributed by atoms with Gasteiger partial charge in [-0.25, -0.2) is 4.39 Å². The van der Waals surface area contributed by atoms with E-state index in [-0.39, 0.29) is 23.1 Å². The molecule has 0 aliphatic carbocycles. The third-order valence-electron chi connectivity index (χ3n) is 1.96. The van der Waals surface area contributed by atoms with Crippen LogP contribution in [0.4, 0.5) is 4.39 Å². The normalized spacial score (nSPS) is 10.9. The highest BCUT2D eigenvalue weighted by atomic mass is 35.5. The lowest BCUT2D eigenvalue weighted by atomic mass is 10.0. The van der Waals surface area contributed by atoms with Crippen molar-refractivity contribution in [2.24, 2.45) is 0 Å². The largest absolute Gasteiger partial charge is 0.392 e. The number of benzene rings is 1. The quantitative estimate of drug-likeness (QED) is 0.782. The van der Waals surface area contributed by atoms with Gasteiger partial charge in [0, 0.05) is 5.56 Å². The highest BCUT2D eigenvalue weighted by Crippen LogP contribution is 2.25. The van der Waals surface area contributed by atoms with Gasteiger partial charge < -0.3 is 5.11 Å². The summed E-state index contributed by atoms with van der Waals surface area (Å²) in [5.74, 6) is -0.239. The molecule has 0 aromatic heterocycles. The van der Waals surface area contributed by atoms with E-state index >= 15 is 0 Å². The van der Waals surface area contributed by atoms with Crippen LogP contribution >= 0.6 is 11.6 Å². The minimum Gasteiger partial charge on any atom is -0.392 e. The standard InChI is InChI=1S/C10H12ClFO/c1-6(2)7-3-8(5-13)10(12)9(11)4-7/h3-4,6,13H,5H2,1-2H3. The number of hydrogen-bond donors (Lipinski definition) is 1. The Bertz CT molecular complexity index is 310. The number of aliphatic hydroxyl groups is 1. The highest BCUT2D eigenvalue weighted by Gasteiger charge is 2.09. The topological polar surface area (TPSA) is 20.2 Å². The van der Waals surface area contributed by atoms with Crippen molar-refractivity contribution < 1.29 is 9.50 Å². The summed E-state index contributed by atoms with van der Waals surface area (Å²) in [5.41, 5.74) is 1.20. The van der Waals surface area contributed by atoms with Crippen molar-refractivity contribution in [1.82, 2.24) is 0 Å². The SMILES string of the molecule is CC(C)c1cc(Cl)c(F)c(CO)c1. The molecule has 0 radical (unpaired) electrons. The zero-order chi connectivity index (χ0) is 10.0. The van der Waals surface area contributed by atoms with Crippen molar-refractivity contribution in [3.8, 4) is 0 Å². The van der Waals surface area contributed by atoms with E-state index in [1.54, 1.807) is 12.1 Å². The minimum absolute atomic E-state index is 0.0789. The van der Waals surface area contributed by atoms with Crippen molar-refractivity contribution in [2.75, 3.05) is 0 Å². The Kier molecular flexibility index (Phi) is 3.28. The molecule has 0 atom stereocenters. The first-order valence-corrected chi connectivity index (χ1v) is 4.52. The Morgan fingerprint density at radius 2 is 2.08 bits per heavy atom. The maximum Gasteiger partial charge on any atom is 0.147 e. The molecule has 0 amide bonds. The van der Waals surface area contributed by atoms with E-state index in [0.29, 0.717) is 0 Å². The maximum absolute atomic E-state index is 13.2. The second kappa shape index (κ2) is 4.07.